The molecule has 0 radical (unpaired) electrons. The van der Waals surface area contributed by atoms with E-state index < -0.39 is 0 Å². The van der Waals surface area contributed by atoms with Gasteiger partial charge in [0.15, 0.2) is 0 Å². The van der Waals surface area contributed by atoms with Crippen molar-refractivity contribution < 1.29 is 9.59 Å². The SMILES string of the molecule is Cc1cc(N(C)C)ccc1NC(=O)N1CCN(C(=O)c2ccncc2)CC1. The molecule has 0 bridgehead atoms. The monoisotopic (exact) mass is 367 g/mol. The van der Waals surface area contributed by atoms with Gasteiger partial charge in [0.2, 0.25) is 0 Å². The average molecular weight is 367 g/mol. The number of aromatic nitrogens is 1. The van der Waals surface area contributed by atoms with Gasteiger partial charge in [0.05, 0.1) is 0 Å². The van der Waals surface area contributed by atoms with Crippen LogP contribution in [0.3, 0.4) is 0 Å². The van der Waals surface area contributed by atoms with Crippen LogP contribution < -0.4 is 10.2 Å². The Bertz CT molecular complexity index is 814. The third-order valence-corrected chi connectivity index (χ3v) is 4.75. The zero-order chi connectivity index (χ0) is 19.4. The third-order valence-electron chi connectivity index (χ3n) is 4.75. The number of nitrogens with zero attached hydrogens (tertiary/aromatic N) is 4. The van der Waals surface area contributed by atoms with Crippen molar-refractivity contribution >= 4 is 23.3 Å². The van der Waals surface area contributed by atoms with E-state index in [1.54, 1.807) is 34.3 Å². The number of hydrogen-bond donors (Lipinski definition) is 1. The highest BCUT2D eigenvalue weighted by atomic mass is 16.2. The molecule has 7 nitrogen and oxygen atoms in total. The zero-order valence-corrected chi connectivity index (χ0v) is 16.0. The van der Waals surface area contributed by atoms with E-state index >= 15 is 0 Å². The summed E-state index contributed by atoms with van der Waals surface area (Å²) in [6, 6.07) is 9.23. The Morgan fingerprint density at radius 3 is 2.22 bits per heavy atom. The molecule has 27 heavy (non-hydrogen) atoms. The lowest BCUT2D eigenvalue weighted by Crippen LogP contribution is -2.51. The Labute approximate surface area is 159 Å². The smallest absolute Gasteiger partial charge is 0.321 e. The molecule has 1 aliphatic heterocycles. The first-order valence-corrected chi connectivity index (χ1v) is 8.99. The fraction of sp³-hybridized carbons (Fsp3) is 0.350. The van der Waals surface area contributed by atoms with E-state index in [2.05, 4.69) is 10.3 Å². The highest BCUT2D eigenvalue weighted by Gasteiger charge is 2.25. The summed E-state index contributed by atoms with van der Waals surface area (Å²) < 4.78 is 0. The van der Waals surface area contributed by atoms with Gasteiger partial charge in [-0.2, -0.15) is 0 Å². The van der Waals surface area contributed by atoms with Crippen molar-refractivity contribution in [3.05, 3.63) is 53.9 Å². The number of nitrogens with one attached hydrogen (secondary N) is 1. The molecule has 3 rings (SSSR count). The highest BCUT2D eigenvalue weighted by Crippen LogP contribution is 2.22. The van der Waals surface area contributed by atoms with Crippen LogP contribution in [-0.4, -0.2) is 67.0 Å². The molecule has 2 heterocycles. The molecule has 7 heteroatoms. The van der Waals surface area contributed by atoms with Crippen molar-refractivity contribution in [1.29, 1.82) is 0 Å². The maximum atomic E-state index is 12.6. The van der Waals surface area contributed by atoms with Crippen molar-refractivity contribution in [2.75, 3.05) is 50.5 Å². The molecular weight excluding hydrogens is 342 g/mol. The number of carbonyl (C=O) groups is 2. The van der Waals surface area contributed by atoms with Crippen molar-refractivity contribution in [2.24, 2.45) is 0 Å². The van der Waals surface area contributed by atoms with Crippen LogP contribution >= 0.6 is 0 Å². The van der Waals surface area contributed by atoms with E-state index in [4.69, 9.17) is 0 Å². The fourth-order valence-electron chi connectivity index (χ4n) is 3.05. The molecule has 3 amide bonds. The summed E-state index contributed by atoms with van der Waals surface area (Å²) in [7, 11) is 3.97. The predicted octanol–water partition coefficient (Wildman–Crippen LogP) is 2.45. The number of aryl methyl sites for hydroxylation is 1. The Kier molecular flexibility index (Phi) is 5.59. The van der Waals surface area contributed by atoms with E-state index in [1.807, 2.05) is 44.1 Å². The first-order valence-electron chi connectivity index (χ1n) is 8.99. The number of urea groups is 1. The lowest BCUT2D eigenvalue weighted by molar-refractivity contribution is 0.0671. The summed E-state index contributed by atoms with van der Waals surface area (Å²) in [4.78, 5) is 34.5. The standard InChI is InChI=1S/C20H25N5O2/c1-15-14-17(23(2)3)4-5-18(15)22-20(27)25-12-10-24(11-13-25)19(26)16-6-8-21-9-7-16/h4-9,14H,10-13H2,1-3H3,(H,22,27). The van der Waals surface area contributed by atoms with Gasteiger partial charge in [-0.1, -0.05) is 0 Å². The third kappa shape index (κ3) is 4.36. The lowest BCUT2D eigenvalue weighted by Gasteiger charge is -2.34. The summed E-state index contributed by atoms with van der Waals surface area (Å²) in [5, 5.41) is 2.98. The van der Waals surface area contributed by atoms with Gasteiger partial charge in [-0.3, -0.25) is 9.78 Å². The zero-order valence-electron chi connectivity index (χ0n) is 16.0. The lowest BCUT2D eigenvalue weighted by atomic mass is 10.1. The second-order valence-electron chi connectivity index (χ2n) is 6.84. The molecule has 1 aromatic carbocycles. The van der Waals surface area contributed by atoms with Crippen molar-refractivity contribution in [3.63, 3.8) is 0 Å². The molecule has 1 saturated heterocycles. The van der Waals surface area contributed by atoms with Gasteiger partial charge in [-0.05, 0) is 42.8 Å². The van der Waals surface area contributed by atoms with Crippen molar-refractivity contribution in [3.8, 4) is 0 Å². The summed E-state index contributed by atoms with van der Waals surface area (Å²) in [5.74, 6) is -0.0208. The van der Waals surface area contributed by atoms with Gasteiger partial charge >= 0.3 is 6.03 Å². The van der Waals surface area contributed by atoms with Crippen LogP contribution in [-0.2, 0) is 0 Å². The first-order chi connectivity index (χ1) is 13.0. The normalized spacial score (nSPS) is 14.0. The number of piperazine rings is 1. The van der Waals surface area contributed by atoms with E-state index in [0.29, 0.717) is 31.7 Å². The van der Waals surface area contributed by atoms with E-state index in [9.17, 15) is 9.59 Å². The molecule has 2 aromatic rings. The topological polar surface area (TPSA) is 68.8 Å². The number of amides is 3. The molecule has 1 aliphatic rings. The molecule has 1 N–H and O–H groups in total. The van der Waals surface area contributed by atoms with Crippen molar-refractivity contribution in [2.45, 2.75) is 6.92 Å². The molecule has 0 unspecified atom stereocenters. The molecule has 1 aromatic heterocycles. The van der Waals surface area contributed by atoms with Crippen LogP contribution in [0.1, 0.15) is 15.9 Å². The molecule has 0 saturated carbocycles. The molecule has 1 fully saturated rings. The van der Waals surface area contributed by atoms with Gasteiger partial charge in [0.25, 0.3) is 5.91 Å². The molecule has 0 aliphatic carbocycles. The Morgan fingerprint density at radius 2 is 1.63 bits per heavy atom. The summed E-state index contributed by atoms with van der Waals surface area (Å²) in [6.45, 7) is 4.04. The Hall–Kier alpha value is -3.09. The number of rotatable bonds is 3. The number of pyridine rings is 1. The number of anilines is 2. The van der Waals surface area contributed by atoms with Crippen LogP contribution in [0.25, 0.3) is 0 Å². The molecule has 142 valence electrons. The van der Waals surface area contributed by atoms with Crippen LogP contribution in [0.15, 0.2) is 42.7 Å². The van der Waals surface area contributed by atoms with Crippen LogP contribution in [0, 0.1) is 6.92 Å². The predicted molar refractivity (Wildman–Crippen MR) is 106 cm³/mol. The molecule has 0 atom stereocenters. The molecule has 0 spiro atoms. The van der Waals surface area contributed by atoms with E-state index in [-0.39, 0.29) is 11.9 Å². The van der Waals surface area contributed by atoms with Gasteiger partial charge < -0.3 is 20.0 Å². The number of benzene rings is 1. The number of carbonyl (C=O) groups excluding carboxylic acids is 2. The number of hydrogen-bond acceptors (Lipinski definition) is 4. The van der Waals surface area contributed by atoms with Gasteiger partial charge in [-0.25, -0.2) is 4.79 Å². The van der Waals surface area contributed by atoms with Gasteiger partial charge in [0, 0.05) is 69.6 Å². The summed E-state index contributed by atoms with van der Waals surface area (Å²) in [6.07, 6.45) is 3.22. The summed E-state index contributed by atoms with van der Waals surface area (Å²) in [5.41, 5.74) is 3.54. The second-order valence-corrected chi connectivity index (χ2v) is 6.84. The second kappa shape index (κ2) is 8.07. The highest BCUT2D eigenvalue weighted by molar-refractivity contribution is 5.94. The molecular formula is C20H25N5O2. The quantitative estimate of drug-likeness (QED) is 0.905. The van der Waals surface area contributed by atoms with Crippen LogP contribution in [0.2, 0.25) is 0 Å². The fourth-order valence-corrected chi connectivity index (χ4v) is 3.05. The minimum atomic E-state index is -0.133. The van der Waals surface area contributed by atoms with Crippen molar-refractivity contribution in [1.82, 2.24) is 14.8 Å². The largest absolute Gasteiger partial charge is 0.378 e. The Morgan fingerprint density at radius 1 is 1.00 bits per heavy atom. The Balaban J connectivity index is 1.57. The van der Waals surface area contributed by atoms with Gasteiger partial charge in [-0.15, -0.1) is 0 Å². The van der Waals surface area contributed by atoms with Crippen LogP contribution in [0.5, 0.6) is 0 Å². The average Bonchev–Trinajstić information content (AvgIpc) is 2.69. The van der Waals surface area contributed by atoms with Gasteiger partial charge in [0.1, 0.15) is 0 Å². The minimum absolute atomic E-state index is 0.0208. The van der Waals surface area contributed by atoms with E-state index in [0.717, 1.165) is 16.9 Å². The summed E-state index contributed by atoms with van der Waals surface area (Å²) >= 11 is 0. The minimum Gasteiger partial charge on any atom is -0.378 e. The van der Waals surface area contributed by atoms with E-state index in [1.165, 1.54) is 0 Å². The maximum Gasteiger partial charge on any atom is 0.321 e. The first kappa shape index (κ1) is 18.7. The van der Waals surface area contributed by atoms with Crippen LogP contribution in [0.4, 0.5) is 16.2 Å². The maximum absolute atomic E-state index is 12.6.